The molecule has 0 aliphatic heterocycles. The average Bonchev–Trinajstić information content (AvgIpc) is 2.32. The van der Waals surface area contributed by atoms with E-state index >= 15 is 0 Å². The molecule has 0 aromatic heterocycles. The van der Waals surface area contributed by atoms with E-state index < -0.39 is 0 Å². The third-order valence-corrected chi connectivity index (χ3v) is 5.50. The minimum Gasteiger partial charge on any atom is -0.311 e. The van der Waals surface area contributed by atoms with Gasteiger partial charge in [-0.1, -0.05) is 22.4 Å². The van der Waals surface area contributed by atoms with Crippen LogP contribution in [-0.2, 0) is 6.54 Å². The van der Waals surface area contributed by atoms with Crippen molar-refractivity contribution in [1.29, 1.82) is 0 Å². The second kappa shape index (κ2) is 6.24. The van der Waals surface area contributed by atoms with Crippen LogP contribution < -0.4 is 5.32 Å². The van der Waals surface area contributed by atoms with E-state index in [-0.39, 0.29) is 10.6 Å². The summed E-state index contributed by atoms with van der Waals surface area (Å²) in [6, 6.07) is 5.08. The summed E-state index contributed by atoms with van der Waals surface area (Å²) in [6.07, 6.45) is 6.00. The van der Waals surface area contributed by atoms with Crippen LogP contribution in [0.15, 0.2) is 22.7 Å². The first kappa shape index (κ1) is 14.8. The third kappa shape index (κ3) is 3.70. The second-order valence-electron chi connectivity index (χ2n) is 4.92. The summed E-state index contributed by atoms with van der Waals surface area (Å²) in [5, 5.41) is 14.2. The van der Waals surface area contributed by atoms with E-state index in [1.165, 1.54) is 25.3 Å². The molecule has 0 spiro atoms. The van der Waals surface area contributed by atoms with Gasteiger partial charge in [0.1, 0.15) is 0 Å². The Labute approximate surface area is 125 Å². The van der Waals surface area contributed by atoms with Gasteiger partial charge in [-0.25, -0.2) is 0 Å². The maximum atomic E-state index is 10.8. The second-order valence-corrected chi connectivity index (χ2v) is 7.11. The van der Waals surface area contributed by atoms with Crippen molar-refractivity contribution in [3.63, 3.8) is 0 Å². The van der Waals surface area contributed by atoms with Gasteiger partial charge in [0.05, 0.1) is 4.92 Å². The van der Waals surface area contributed by atoms with Crippen molar-refractivity contribution >= 4 is 33.4 Å². The van der Waals surface area contributed by atoms with Gasteiger partial charge in [-0.3, -0.25) is 10.1 Å². The molecular weight excluding hydrogens is 328 g/mol. The van der Waals surface area contributed by atoms with Crippen LogP contribution in [0.1, 0.15) is 24.8 Å². The van der Waals surface area contributed by atoms with Crippen molar-refractivity contribution in [3.8, 4) is 0 Å². The molecule has 1 fully saturated rings. The first-order valence-corrected chi connectivity index (χ1v) is 8.26. The number of halogens is 1. The predicted octanol–water partition coefficient (Wildman–Crippen LogP) is 3.73. The molecule has 0 bridgehead atoms. The molecule has 1 saturated carbocycles. The molecule has 0 radical (unpaired) electrons. The highest BCUT2D eigenvalue weighted by molar-refractivity contribution is 9.10. The SMILES string of the molecule is CSC1(CNCc2cc(Br)cc([N+](=O)[O-])c2)CCC1. The van der Waals surface area contributed by atoms with E-state index in [1.54, 1.807) is 6.07 Å². The lowest BCUT2D eigenvalue weighted by Crippen LogP contribution is -2.43. The Hall–Kier alpha value is -0.590. The van der Waals surface area contributed by atoms with Crippen LogP contribution >= 0.6 is 27.7 Å². The highest BCUT2D eigenvalue weighted by Gasteiger charge is 2.35. The maximum Gasteiger partial charge on any atom is 0.270 e. The number of thioether (sulfide) groups is 1. The molecule has 0 atom stereocenters. The zero-order valence-corrected chi connectivity index (χ0v) is 13.2. The Bertz CT molecular complexity index is 472. The van der Waals surface area contributed by atoms with Gasteiger partial charge in [0, 0.05) is 34.4 Å². The first-order valence-electron chi connectivity index (χ1n) is 6.24. The van der Waals surface area contributed by atoms with Crippen molar-refractivity contribution in [3.05, 3.63) is 38.3 Å². The molecule has 4 nitrogen and oxygen atoms in total. The van der Waals surface area contributed by atoms with Crippen LogP contribution in [0.2, 0.25) is 0 Å². The number of hydrogen-bond acceptors (Lipinski definition) is 4. The molecule has 1 aliphatic rings. The topological polar surface area (TPSA) is 55.2 Å². The quantitative estimate of drug-likeness (QED) is 0.630. The zero-order valence-electron chi connectivity index (χ0n) is 10.8. The van der Waals surface area contributed by atoms with E-state index in [4.69, 9.17) is 0 Å². The molecule has 1 aliphatic carbocycles. The Morgan fingerprint density at radius 2 is 2.21 bits per heavy atom. The lowest BCUT2D eigenvalue weighted by Gasteiger charge is -2.40. The molecule has 2 rings (SSSR count). The Kier molecular flexibility index (Phi) is 4.86. The molecule has 19 heavy (non-hydrogen) atoms. The predicted molar refractivity (Wildman–Crippen MR) is 82.6 cm³/mol. The van der Waals surface area contributed by atoms with E-state index in [1.807, 2.05) is 17.8 Å². The van der Waals surface area contributed by atoms with Crippen LogP contribution in [0.25, 0.3) is 0 Å². The number of nitro benzene ring substituents is 1. The zero-order chi connectivity index (χ0) is 13.9. The van der Waals surface area contributed by atoms with Crippen LogP contribution in [0.3, 0.4) is 0 Å². The maximum absolute atomic E-state index is 10.8. The van der Waals surface area contributed by atoms with Gasteiger partial charge in [-0.15, -0.1) is 0 Å². The van der Waals surface area contributed by atoms with Gasteiger partial charge in [0.2, 0.25) is 0 Å². The molecular formula is C13H17BrN2O2S. The summed E-state index contributed by atoms with van der Waals surface area (Å²) in [6.45, 7) is 1.64. The lowest BCUT2D eigenvalue weighted by atomic mass is 9.84. The fraction of sp³-hybridized carbons (Fsp3) is 0.538. The van der Waals surface area contributed by atoms with E-state index in [9.17, 15) is 10.1 Å². The van der Waals surface area contributed by atoms with Gasteiger partial charge in [-0.05, 0) is 30.7 Å². The lowest BCUT2D eigenvalue weighted by molar-refractivity contribution is -0.385. The number of non-ortho nitro benzene ring substituents is 1. The van der Waals surface area contributed by atoms with Crippen molar-refractivity contribution < 1.29 is 4.92 Å². The van der Waals surface area contributed by atoms with Gasteiger partial charge in [0.15, 0.2) is 0 Å². The summed E-state index contributed by atoms with van der Waals surface area (Å²) in [7, 11) is 0. The number of hydrogen-bond donors (Lipinski definition) is 1. The van der Waals surface area contributed by atoms with Gasteiger partial charge in [-0.2, -0.15) is 11.8 Å². The molecule has 0 unspecified atom stereocenters. The van der Waals surface area contributed by atoms with Crippen LogP contribution in [-0.4, -0.2) is 22.5 Å². The largest absolute Gasteiger partial charge is 0.311 e. The molecule has 6 heteroatoms. The Morgan fingerprint density at radius 1 is 1.47 bits per heavy atom. The summed E-state index contributed by atoms with van der Waals surface area (Å²) < 4.78 is 1.14. The first-order chi connectivity index (χ1) is 9.04. The van der Waals surface area contributed by atoms with Gasteiger partial charge in [0.25, 0.3) is 5.69 Å². The molecule has 0 amide bonds. The Morgan fingerprint density at radius 3 is 2.74 bits per heavy atom. The molecule has 104 valence electrons. The number of nitro groups is 1. The van der Waals surface area contributed by atoms with E-state index in [0.29, 0.717) is 11.3 Å². The van der Waals surface area contributed by atoms with Crippen LogP contribution in [0.4, 0.5) is 5.69 Å². The van der Waals surface area contributed by atoms with Gasteiger partial charge >= 0.3 is 0 Å². The normalized spacial score (nSPS) is 16.9. The van der Waals surface area contributed by atoms with Crippen LogP contribution in [0, 0.1) is 10.1 Å². The summed E-state index contributed by atoms with van der Waals surface area (Å²) >= 11 is 5.24. The van der Waals surface area contributed by atoms with Crippen molar-refractivity contribution in [2.24, 2.45) is 0 Å². The fourth-order valence-corrected chi connectivity index (χ4v) is 3.77. The standard InChI is InChI=1S/C13H17BrN2O2S/c1-19-13(3-2-4-13)9-15-8-10-5-11(14)7-12(6-10)16(17)18/h5-7,15H,2-4,8-9H2,1H3. The van der Waals surface area contributed by atoms with E-state index in [2.05, 4.69) is 27.5 Å². The van der Waals surface area contributed by atoms with Crippen molar-refractivity contribution in [2.75, 3.05) is 12.8 Å². The summed E-state index contributed by atoms with van der Waals surface area (Å²) in [4.78, 5) is 10.4. The highest BCUT2D eigenvalue weighted by atomic mass is 79.9. The number of rotatable bonds is 6. The molecule has 0 saturated heterocycles. The minimum atomic E-state index is -0.358. The Balaban J connectivity index is 1.94. The summed E-state index contributed by atoms with van der Waals surface area (Å²) in [5.41, 5.74) is 1.08. The molecule has 1 aromatic carbocycles. The number of nitrogens with zero attached hydrogens (tertiary/aromatic N) is 1. The van der Waals surface area contributed by atoms with Crippen molar-refractivity contribution in [2.45, 2.75) is 30.6 Å². The monoisotopic (exact) mass is 344 g/mol. The summed E-state index contributed by atoms with van der Waals surface area (Å²) in [5.74, 6) is 0. The molecule has 0 heterocycles. The average molecular weight is 345 g/mol. The third-order valence-electron chi connectivity index (χ3n) is 3.63. The fourth-order valence-electron chi connectivity index (χ4n) is 2.30. The van der Waals surface area contributed by atoms with Gasteiger partial charge < -0.3 is 5.32 Å². The molecule has 1 N–H and O–H groups in total. The molecule has 1 aromatic rings. The highest BCUT2D eigenvalue weighted by Crippen LogP contribution is 2.42. The van der Waals surface area contributed by atoms with Crippen LogP contribution in [0.5, 0.6) is 0 Å². The van der Waals surface area contributed by atoms with Crippen molar-refractivity contribution in [1.82, 2.24) is 5.32 Å². The number of benzene rings is 1. The smallest absolute Gasteiger partial charge is 0.270 e. The number of nitrogens with one attached hydrogen (secondary N) is 1. The van der Waals surface area contributed by atoms with E-state index in [0.717, 1.165) is 16.6 Å². The minimum absolute atomic E-state index is 0.134.